The molecule has 0 saturated heterocycles. The first-order valence-electron chi connectivity index (χ1n) is 11.0. The van der Waals surface area contributed by atoms with Gasteiger partial charge in [-0.1, -0.05) is 0 Å². The summed E-state index contributed by atoms with van der Waals surface area (Å²) in [7, 11) is 3.31. The van der Waals surface area contributed by atoms with Crippen LogP contribution in [0.3, 0.4) is 0 Å². The number of rotatable bonds is 3. The largest absolute Gasteiger partial charge is 0.497 e. The molecule has 2 aliphatic heterocycles. The molecule has 2 N–H and O–H groups in total. The van der Waals surface area contributed by atoms with Crippen molar-refractivity contribution >= 4 is 46.4 Å². The van der Waals surface area contributed by atoms with E-state index in [4.69, 9.17) is 19.4 Å². The number of H-pyrrole nitrogens is 2. The molecule has 6 rings (SSSR count). The van der Waals surface area contributed by atoms with Crippen molar-refractivity contribution in [1.29, 1.82) is 0 Å². The summed E-state index contributed by atoms with van der Waals surface area (Å²) in [6, 6.07) is 20.2. The predicted molar refractivity (Wildman–Crippen MR) is 137 cm³/mol. The zero-order valence-corrected chi connectivity index (χ0v) is 18.8. The second kappa shape index (κ2) is 8.08. The number of nitrogens with zero attached hydrogens (tertiary/aromatic N) is 2. The van der Waals surface area contributed by atoms with Crippen molar-refractivity contribution in [3.05, 3.63) is 83.4 Å². The van der Waals surface area contributed by atoms with Gasteiger partial charge in [0.2, 0.25) is 0 Å². The van der Waals surface area contributed by atoms with Crippen LogP contribution in [0.15, 0.2) is 60.7 Å². The second-order valence-electron chi connectivity index (χ2n) is 8.16. The number of ether oxygens (including phenoxy) is 2. The van der Waals surface area contributed by atoms with Gasteiger partial charge in [-0.25, -0.2) is 9.97 Å². The summed E-state index contributed by atoms with van der Waals surface area (Å²) in [5, 5.41) is 0. The fourth-order valence-corrected chi connectivity index (χ4v) is 4.26. The third-order valence-electron chi connectivity index (χ3n) is 5.86. The van der Waals surface area contributed by atoms with Gasteiger partial charge in [0, 0.05) is 33.7 Å². The number of benzene rings is 1. The highest BCUT2D eigenvalue weighted by Gasteiger charge is 2.13. The van der Waals surface area contributed by atoms with Crippen LogP contribution in [0.1, 0.15) is 22.8 Å². The van der Waals surface area contributed by atoms with E-state index in [1.54, 1.807) is 14.2 Å². The van der Waals surface area contributed by atoms with E-state index in [1.807, 2.05) is 72.8 Å². The number of hydrogen-bond acceptors (Lipinski definition) is 4. The first kappa shape index (κ1) is 20.1. The third kappa shape index (κ3) is 3.75. The Morgan fingerprint density at radius 1 is 0.588 bits per heavy atom. The van der Waals surface area contributed by atoms with Crippen LogP contribution in [-0.4, -0.2) is 34.2 Å². The molecule has 2 aliphatic rings. The molecule has 4 aromatic rings. The minimum Gasteiger partial charge on any atom is -0.497 e. The molecule has 0 amide bonds. The molecule has 5 heterocycles. The van der Waals surface area contributed by atoms with Crippen molar-refractivity contribution in [3.8, 4) is 22.6 Å². The van der Waals surface area contributed by atoms with E-state index in [-0.39, 0.29) is 0 Å². The molecular weight excluding hydrogens is 424 g/mol. The lowest BCUT2D eigenvalue weighted by Crippen LogP contribution is -1.91. The van der Waals surface area contributed by atoms with Crippen molar-refractivity contribution in [3.63, 3.8) is 0 Å². The van der Waals surface area contributed by atoms with Crippen LogP contribution >= 0.6 is 0 Å². The smallest absolute Gasteiger partial charge is 0.123 e. The molecule has 6 heteroatoms. The average molecular weight is 447 g/mol. The molecule has 6 nitrogen and oxygen atoms in total. The van der Waals surface area contributed by atoms with E-state index in [0.29, 0.717) is 11.5 Å². The minimum absolute atomic E-state index is 0.717. The molecule has 166 valence electrons. The number of nitrogens with one attached hydrogen (secondary N) is 2. The Hall–Kier alpha value is -4.58. The van der Waals surface area contributed by atoms with Gasteiger partial charge >= 0.3 is 0 Å². The van der Waals surface area contributed by atoms with Crippen LogP contribution in [0.4, 0.5) is 0 Å². The number of aromatic nitrogens is 4. The Kier molecular flexibility index (Phi) is 4.77. The van der Waals surface area contributed by atoms with Crippen molar-refractivity contribution in [1.82, 2.24) is 19.9 Å². The van der Waals surface area contributed by atoms with Crippen LogP contribution in [0.25, 0.3) is 57.5 Å². The van der Waals surface area contributed by atoms with Crippen molar-refractivity contribution < 1.29 is 9.47 Å². The number of methoxy groups -OCH3 is 2. The van der Waals surface area contributed by atoms with Crippen LogP contribution in [0, 0.1) is 0 Å². The Labute approximate surface area is 196 Å². The SMILES string of the molecule is COc1cc(OC)cc(-c2c3nc(cc4ccc(cc5nc(cc6ccc2[nH]6)C=C5)[nH]4)C=C3)c1. The molecule has 0 unspecified atom stereocenters. The molecule has 0 fully saturated rings. The van der Waals surface area contributed by atoms with Crippen LogP contribution < -0.4 is 9.47 Å². The Morgan fingerprint density at radius 3 is 1.79 bits per heavy atom. The maximum Gasteiger partial charge on any atom is 0.123 e. The molecule has 34 heavy (non-hydrogen) atoms. The van der Waals surface area contributed by atoms with E-state index >= 15 is 0 Å². The summed E-state index contributed by atoms with van der Waals surface area (Å²) in [6.07, 6.45) is 8.09. The molecule has 3 aromatic heterocycles. The average Bonchev–Trinajstić information content (AvgIpc) is 3.65. The predicted octanol–water partition coefficient (Wildman–Crippen LogP) is 6.34. The maximum atomic E-state index is 5.53. The summed E-state index contributed by atoms with van der Waals surface area (Å²) >= 11 is 0. The first-order valence-corrected chi connectivity index (χ1v) is 11.0. The Morgan fingerprint density at radius 2 is 1.15 bits per heavy atom. The van der Waals surface area contributed by atoms with E-state index in [1.165, 1.54) is 0 Å². The number of fused-ring (bicyclic) bond motifs is 8. The lowest BCUT2D eigenvalue weighted by Gasteiger charge is -2.09. The minimum atomic E-state index is 0.717. The van der Waals surface area contributed by atoms with Crippen LogP contribution in [-0.2, 0) is 0 Å². The summed E-state index contributed by atoms with van der Waals surface area (Å²) in [5.74, 6) is 1.43. The van der Waals surface area contributed by atoms with Crippen LogP contribution in [0.5, 0.6) is 11.5 Å². The molecule has 0 spiro atoms. The topological polar surface area (TPSA) is 75.8 Å². The van der Waals surface area contributed by atoms with Gasteiger partial charge in [0.1, 0.15) is 11.5 Å². The van der Waals surface area contributed by atoms with E-state index in [2.05, 4.69) is 22.1 Å². The van der Waals surface area contributed by atoms with Gasteiger partial charge < -0.3 is 19.4 Å². The highest BCUT2D eigenvalue weighted by Crippen LogP contribution is 2.35. The van der Waals surface area contributed by atoms with E-state index in [0.717, 1.165) is 56.0 Å². The monoisotopic (exact) mass is 446 g/mol. The van der Waals surface area contributed by atoms with Gasteiger partial charge in [0.25, 0.3) is 0 Å². The summed E-state index contributed by atoms with van der Waals surface area (Å²) in [6.45, 7) is 0. The Balaban J connectivity index is 1.70. The van der Waals surface area contributed by atoms with Crippen molar-refractivity contribution in [2.45, 2.75) is 0 Å². The second-order valence-corrected chi connectivity index (χ2v) is 8.16. The molecule has 0 aliphatic carbocycles. The summed E-state index contributed by atoms with van der Waals surface area (Å²) in [5.41, 5.74) is 9.30. The van der Waals surface area contributed by atoms with Crippen LogP contribution in [0.2, 0.25) is 0 Å². The van der Waals surface area contributed by atoms with Gasteiger partial charge in [-0.3, -0.25) is 0 Å². The zero-order chi connectivity index (χ0) is 23.1. The van der Waals surface area contributed by atoms with Crippen molar-refractivity contribution in [2.75, 3.05) is 14.2 Å². The molecule has 8 bridgehead atoms. The molecule has 0 saturated carbocycles. The van der Waals surface area contributed by atoms with Gasteiger partial charge in [-0.2, -0.15) is 0 Å². The molecule has 1 aromatic carbocycles. The summed E-state index contributed by atoms with van der Waals surface area (Å²) < 4.78 is 11.1. The highest BCUT2D eigenvalue weighted by atomic mass is 16.5. The number of aromatic amines is 2. The normalized spacial score (nSPS) is 12.2. The molecule has 0 atom stereocenters. The Bertz CT molecular complexity index is 1620. The van der Waals surface area contributed by atoms with E-state index in [9.17, 15) is 0 Å². The molecular formula is C28H22N4O2. The van der Waals surface area contributed by atoms with E-state index < -0.39 is 0 Å². The lowest BCUT2D eigenvalue weighted by molar-refractivity contribution is 0.394. The fraction of sp³-hybridized carbons (Fsp3) is 0.0714. The van der Waals surface area contributed by atoms with Crippen molar-refractivity contribution in [2.24, 2.45) is 0 Å². The van der Waals surface area contributed by atoms with Gasteiger partial charge in [0.15, 0.2) is 0 Å². The standard InChI is InChI=1S/C28H22N4O2/c1-33-24-11-17(12-25(16-24)34-2)28-26-9-7-22(31-26)14-20-5-3-18(29-20)13-19-4-6-21(30-19)15-23-8-10-27(28)32-23/h3-16,29,32H,1-2H3. The quantitative estimate of drug-likeness (QED) is 0.333. The zero-order valence-electron chi connectivity index (χ0n) is 18.8. The summed E-state index contributed by atoms with van der Waals surface area (Å²) in [4.78, 5) is 16.6. The van der Waals surface area contributed by atoms with Gasteiger partial charge in [-0.15, -0.1) is 0 Å². The first-order chi connectivity index (χ1) is 16.7. The third-order valence-corrected chi connectivity index (χ3v) is 5.86. The van der Waals surface area contributed by atoms with Gasteiger partial charge in [0.05, 0.1) is 37.0 Å². The van der Waals surface area contributed by atoms with Gasteiger partial charge in [-0.05, 0) is 84.5 Å². The fourth-order valence-electron chi connectivity index (χ4n) is 4.26. The highest BCUT2D eigenvalue weighted by molar-refractivity contribution is 5.91. The number of hydrogen-bond donors (Lipinski definition) is 2. The molecule has 0 radical (unpaired) electrons. The lowest BCUT2D eigenvalue weighted by atomic mass is 10.0. The maximum absolute atomic E-state index is 5.53.